The average Bonchev–Trinajstić information content (AvgIpc) is 1.35. The highest BCUT2D eigenvalue weighted by atomic mass is 14.9. The minimum absolute atomic E-state index is 0.150. The Kier molecular flexibility index (Phi) is 2.38. The third-order valence-electron chi connectivity index (χ3n) is 0.295. The summed E-state index contributed by atoms with van der Waals surface area (Å²) in [5.41, 5.74) is 5.13. The molecule has 0 amide bonds. The van der Waals surface area contributed by atoms with E-state index >= 15 is 0 Å². The Morgan fingerprint density at radius 2 is 2.50 bits per heavy atom. The Balaban J connectivity index is 3.29. The molecular weight excluding hydrogens is 76.1 g/mol. The Morgan fingerprint density at radius 1 is 2.00 bits per heavy atom. The van der Waals surface area contributed by atoms with Crippen LogP contribution in [0.2, 0.25) is 0 Å². The van der Waals surface area contributed by atoms with Crippen LogP contribution in [0.5, 0.6) is 0 Å². The van der Waals surface area contributed by atoms with Gasteiger partial charge in [-0.15, -0.1) is 0 Å². The highest BCUT2D eigenvalue weighted by Gasteiger charge is 1.76. The van der Waals surface area contributed by atoms with Gasteiger partial charge in [0.15, 0.2) is 0 Å². The van der Waals surface area contributed by atoms with Crippen LogP contribution in [0.15, 0.2) is 11.6 Å². The van der Waals surface area contributed by atoms with Gasteiger partial charge < -0.3 is 5.73 Å². The van der Waals surface area contributed by atoms with Crippen molar-refractivity contribution in [3.8, 4) is 0 Å². The fourth-order valence-electron chi connectivity index (χ4n) is 0.144. The first-order valence-corrected chi connectivity index (χ1v) is 1.75. The first kappa shape index (κ1) is 5.41. The first-order chi connectivity index (χ1) is 2.77. The minimum atomic E-state index is -0.150. The lowest BCUT2D eigenvalue weighted by molar-refractivity contribution is 0.799. The monoisotopic (exact) mass is 84.1 g/mol. The molecule has 6 heavy (non-hydrogen) atoms. The van der Waals surface area contributed by atoms with Crippen LogP contribution in [-0.4, -0.2) is 12.0 Å². The van der Waals surface area contributed by atoms with Gasteiger partial charge in [-0.2, -0.15) is 0 Å². The van der Waals surface area contributed by atoms with E-state index in [2.05, 4.69) is 17.4 Å². The molecule has 1 atom stereocenters. The van der Waals surface area contributed by atoms with E-state index in [0.717, 1.165) is 0 Å². The number of nitrogens with zero attached hydrogens (tertiary/aromatic N) is 1. The number of rotatable bonds is 1. The van der Waals surface area contributed by atoms with Crippen LogP contribution in [0.4, 0.5) is 0 Å². The van der Waals surface area contributed by atoms with Gasteiger partial charge >= 0.3 is 0 Å². The maximum Gasteiger partial charge on any atom is 0.104 e. The maximum absolute atomic E-state index is 5.13. The predicted octanol–water partition coefficient (Wildman–Crippen LogP) is 0.147. The number of nitrogens with two attached hydrogens (primary N) is 1. The average molecular weight is 84.1 g/mol. The normalized spacial score (nSPS) is 12.3. The van der Waals surface area contributed by atoms with Crippen molar-refractivity contribution in [2.45, 2.75) is 13.1 Å². The number of hydrogen-bond donors (Lipinski definition) is 1. The van der Waals surface area contributed by atoms with Crippen molar-refractivity contribution in [3.63, 3.8) is 0 Å². The molecule has 0 aromatic heterocycles. The fourth-order valence-corrected chi connectivity index (χ4v) is 0.144. The van der Waals surface area contributed by atoms with Crippen molar-refractivity contribution in [1.29, 1.82) is 0 Å². The molecule has 2 heteroatoms. The van der Waals surface area contributed by atoms with Crippen LogP contribution in [0, 0.1) is 0 Å². The molecule has 0 saturated carbocycles. The third kappa shape index (κ3) is 3.41. The lowest BCUT2D eigenvalue weighted by atomic mass is 10.6. The van der Waals surface area contributed by atoms with Crippen molar-refractivity contribution >= 4 is 5.87 Å². The van der Waals surface area contributed by atoms with E-state index < -0.39 is 0 Å². The van der Waals surface area contributed by atoms with Crippen LogP contribution < -0.4 is 5.73 Å². The second-order valence-electron chi connectivity index (χ2n) is 1.03. The number of hydrogen-bond acceptors (Lipinski definition) is 2. The third-order valence-corrected chi connectivity index (χ3v) is 0.295. The van der Waals surface area contributed by atoms with Gasteiger partial charge in [-0.1, -0.05) is 0 Å². The van der Waals surface area contributed by atoms with Crippen molar-refractivity contribution in [1.82, 2.24) is 0 Å². The maximum atomic E-state index is 5.13. The molecule has 0 spiro atoms. The van der Waals surface area contributed by atoms with Crippen LogP contribution in [0.3, 0.4) is 0 Å². The van der Waals surface area contributed by atoms with Gasteiger partial charge in [-0.25, -0.2) is 4.99 Å². The molecule has 2 nitrogen and oxygen atoms in total. The first-order valence-electron chi connectivity index (χ1n) is 1.75. The van der Waals surface area contributed by atoms with Gasteiger partial charge in [-0.3, -0.25) is 0 Å². The molecule has 0 rings (SSSR count). The van der Waals surface area contributed by atoms with Crippen LogP contribution >= 0.6 is 0 Å². The van der Waals surface area contributed by atoms with Gasteiger partial charge in [0.2, 0.25) is 0 Å². The van der Waals surface area contributed by atoms with E-state index in [-0.39, 0.29) is 6.17 Å². The Hall–Kier alpha value is -0.590. The summed E-state index contributed by atoms with van der Waals surface area (Å²) >= 11 is 0. The zero-order valence-electron chi connectivity index (χ0n) is 3.81. The summed E-state index contributed by atoms with van der Waals surface area (Å²) in [6, 6.07) is 0. The molecule has 1 unspecified atom stereocenters. The van der Waals surface area contributed by atoms with Crippen LogP contribution in [0.1, 0.15) is 6.92 Å². The molecule has 34 valence electrons. The summed E-state index contributed by atoms with van der Waals surface area (Å²) in [7, 11) is 0. The SMILES string of the molecule is C=C=NC(C)N. The van der Waals surface area contributed by atoms with Gasteiger partial charge in [0.25, 0.3) is 0 Å². The van der Waals surface area contributed by atoms with E-state index in [0.29, 0.717) is 0 Å². The molecular formula is C4H8N2. The Morgan fingerprint density at radius 3 is 2.50 bits per heavy atom. The molecule has 0 bridgehead atoms. The molecule has 0 aromatic carbocycles. The molecule has 0 heterocycles. The van der Waals surface area contributed by atoms with Crippen molar-refractivity contribution in [3.05, 3.63) is 6.58 Å². The van der Waals surface area contributed by atoms with Gasteiger partial charge in [0, 0.05) is 0 Å². The highest BCUT2D eigenvalue weighted by Crippen LogP contribution is 1.67. The summed E-state index contributed by atoms with van der Waals surface area (Å²) in [6.07, 6.45) is -0.150. The van der Waals surface area contributed by atoms with Crippen molar-refractivity contribution in [2.75, 3.05) is 0 Å². The summed E-state index contributed by atoms with van der Waals surface area (Å²) in [6.45, 7) is 4.99. The summed E-state index contributed by atoms with van der Waals surface area (Å²) in [4.78, 5) is 3.54. The zero-order chi connectivity index (χ0) is 4.99. The zero-order valence-corrected chi connectivity index (χ0v) is 3.81. The molecule has 2 N–H and O–H groups in total. The standard InChI is InChI=1S/C4H8N2/c1-3-6-4(2)5/h4H,1,5H2,2H3. The van der Waals surface area contributed by atoms with Crippen molar-refractivity contribution in [2.24, 2.45) is 10.7 Å². The lowest BCUT2D eigenvalue weighted by Gasteiger charge is -1.85. The molecule has 0 saturated heterocycles. The summed E-state index contributed by atoms with van der Waals surface area (Å²) in [5, 5.41) is 0. The Bertz CT molecular complexity index is 69.6. The van der Waals surface area contributed by atoms with E-state index in [9.17, 15) is 0 Å². The molecule has 0 aromatic rings. The van der Waals surface area contributed by atoms with E-state index in [1.165, 1.54) is 0 Å². The largest absolute Gasteiger partial charge is 0.309 e. The highest BCUT2D eigenvalue weighted by molar-refractivity contribution is 5.46. The molecule has 0 aliphatic heterocycles. The summed E-state index contributed by atoms with van der Waals surface area (Å²) < 4.78 is 0. The van der Waals surface area contributed by atoms with E-state index in [1.54, 1.807) is 6.92 Å². The second kappa shape index (κ2) is 2.64. The number of aliphatic imine (C=N–C) groups is 1. The molecule has 0 radical (unpaired) electrons. The van der Waals surface area contributed by atoms with E-state index in [4.69, 9.17) is 5.73 Å². The van der Waals surface area contributed by atoms with Crippen molar-refractivity contribution < 1.29 is 0 Å². The quantitative estimate of drug-likeness (QED) is 0.451. The van der Waals surface area contributed by atoms with Crippen LogP contribution in [0.25, 0.3) is 0 Å². The topological polar surface area (TPSA) is 38.4 Å². The van der Waals surface area contributed by atoms with Gasteiger partial charge in [0.05, 0.1) is 0 Å². The predicted molar refractivity (Wildman–Crippen MR) is 26.7 cm³/mol. The molecule has 0 aliphatic rings. The molecule has 0 fully saturated rings. The van der Waals surface area contributed by atoms with E-state index in [1.807, 2.05) is 0 Å². The molecule has 0 aliphatic carbocycles. The van der Waals surface area contributed by atoms with Gasteiger partial charge in [0.1, 0.15) is 6.17 Å². The van der Waals surface area contributed by atoms with Crippen LogP contribution in [-0.2, 0) is 0 Å². The Labute approximate surface area is 37.4 Å². The summed E-state index contributed by atoms with van der Waals surface area (Å²) in [5.74, 6) is 2.32. The second-order valence-corrected chi connectivity index (χ2v) is 1.03. The smallest absolute Gasteiger partial charge is 0.104 e. The van der Waals surface area contributed by atoms with Gasteiger partial charge in [-0.05, 0) is 19.4 Å². The lowest BCUT2D eigenvalue weighted by Crippen LogP contribution is -2.09. The fraction of sp³-hybridized carbons (Fsp3) is 0.500. The minimum Gasteiger partial charge on any atom is -0.309 e.